The SMILES string of the molecule is O=C(O)/C=C/c1csc(-c2ccc(Br)cc2)n1. The highest BCUT2D eigenvalue weighted by atomic mass is 79.9. The third-order valence-corrected chi connectivity index (χ3v) is 3.45. The Morgan fingerprint density at radius 1 is 1.35 bits per heavy atom. The first-order chi connectivity index (χ1) is 8.15. The molecule has 5 heteroatoms. The third-order valence-electron chi connectivity index (χ3n) is 2.01. The maximum absolute atomic E-state index is 10.4. The van der Waals surface area contributed by atoms with Gasteiger partial charge in [0.1, 0.15) is 5.01 Å². The van der Waals surface area contributed by atoms with Crippen LogP contribution in [-0.2, 0) is 4.79 Å². The van der Waals surface area contributed by atoms with Crippen LogP contribution >= 0.6 is 27.3 Å². The van der Waals surface area contributed by atoms with Gasteiger partial charge in [-0.3, -0.25) is 0 Å². The molecule has 86 valence electrons. The fourth-order valence-corrected chi connectivity index (χ4v) is 2.30. The van der Waals surface area contributed by atoms with E-state index in [1.165, 1.54) is 17.4 Å². The van der Waals surface area contributed by atoms with E-state index in [2.05, 4.69) is 20.9 Å². The maximum Gasteiger partial charge on any atom is 0.328 e. The van der Waals surface area contributed by atoms with Gasteiger partial charge in [0.15, 0.2) is 0 Å². The molecule has 17 heavy (non-hydrogen) atoms. The first-order valence-electron chi connectivity index (χ1n) is 4.77. The zero-order valence-corrected chi connectivity index (χ0v) is 11.0. The number of hydrogen-bond donors (Lipinski definition) is 1. The number of aliphatic carboxylic acids is 1. The minimum absolute atomic E-state index is 0.662. The molecule has 0 bridgehead atoms. The van der Waals surface area contributed by atoms with Gasteiger partial charge in [0.05, 0.1) is 5.69 Å². The summed E-state index contributed by atoms with van der Waals surface area (Å²) in [6.45, 7) is 0. The standard InChI is InChI=1S/C12H8BrNO2S/c13-9-3-1-8(2-4-9)12-14-10(7-17-12)5-6-11(15)16/h1-7H,(H,15,16)/b6-5+. The van der Waals surface area contributed by atoms with Crippen LogP contribution in [0.4, 0.5) is 0 Å². The Hall–Kier alpha value is -1.46. The average Bonchev–Trinajstić information content (AvgIpc) is 2.76. The number of carboxylic acid groups (broad SMARTS) is 1. The summed E-state index contributed by atoms with van der Waals surface area (Å²) in [4.78, 5) is 14.7. The van der Waals surface area contributed by atoms with Crippen LogP contribution in [0.25, 0.3) is 16.6 Å². The molecular weight excluding hydrogens is 302 g/mol. The number of nitrogens with zero attached hydrogens (tertiary/aromatic N) is 1. The molecule has 2 rings (SSSR count). The zero-order chi connectivity index (χ0) is 12.3. The topological polar surface area (TPSA) is 50.2 Å². The highest BCUT2D eigenvalue weighted by Crippen LogP contribution is 2.25. The molecule has 0 amide bonds. The van der Waals surface area contributed by atoms with Crippen molar-refractivity contribution in [2.75, 3.05) is 0 Å². The molecule has 0 fully saturated rings. The van der Waals surface area contributed by atoms with Crippen molar-refractivity contribution in [2.24, 2.45) is 0 Å². The van der Waals surface area contributed by atoms with Crippen molar-refractivity contribution in [2.45, 2.75) is 0 Å². The Morgan fingerprint density at radius 2 is 2.06 bits per heavy atom. The van der Waals surface area contributed by atoms with Crippen LogP contribution in [-0.4, -0.2) is 16.1 Å². The van der Waals surface area contributed by atoms with Crippen molar-refractivity contribution >= 4 is 39.3 Å². The molecule has 3 nitrogen and oxygen atoms in total. The Balaban J connectivity index is 2.23. The van der Waals surface area contributed by atoms with E-state index in [0.717, 1.165) is 21.1 Å². The largest absolute Gasteiger partial charge is 0.478 e. The molecule has 0 radical (unpaired) electrons. The summed E-state index contributed by atoms with van der Waals surface area (Å²) < 4.78 is 1.02. The van der Waals surface area contributed by atoms with Crippen molar-refractivity contribution in [3.05, 3.63) is 45.9 Å². The van der Waals surface area contributed by atoms with Gasteiger partial charge in [-0.15, -0.1) is 11.3 Å². The summed E-state index contributed by atoms with van der Waals surface area (Å²) in [5.41, 5.74) is 1.68. The van der Waals surface area contributed by atoms with E-state index in [-0.39, 0.29) is 0 Å². The fraction of sp³-hybridized carbons (Fsp3) is 0. The molecule has 1 aromatic heterocycles. The predicted octanol–water partition coefficient (Wildman–Crippen LogP) is 3.67. The number of thiazole rings is 1. The smallest absolute Gasteiger partial charge is 0.328 e. The lowest BCUT2D eigenvalue weighted by atomic mass is 10.2. The Bertz CT molecular complexity index is 560. The van der Waals surface area contributed by atoms with E-state index < -0.39 is 5.97 Å². The Labute approximate surface area is 111 Å². The molecule has 1 N–H and O–H groups in total. The summed E-state index contributed by atoms with van der Waals surface area (Å²) in [7, 11) is 0. The minimum atomic E-state index is -0.969. The highest BCUT2D eigenvalue weighted by molar-refractivity contribution is 9.10. The fourth-order valence-electron chi connectivity index (χ4n) is 1.24. The van der Waals surface area contributed by atoms with Crippen molar-refractivity contribution in [3.63, 3.8) is 0 Å². The lowest BCUT2D eigenvalue weighted by Crippen LogP contribution is -1.85. The van der Waals surface area contributed by atoms with Crippen molar-refractivity contribution in [1.29, 1.82) is 0 Å². The molecule has 0 aliphatic carbocycles. The summed E-state index contributed by atoms with van der Waals surface area (Å²) in [6, 6.07) is 7.83. The van der Waals surface area contributed by atoms with Crippen LogP contribution in [0, 0.1) is 0 Å². The molecule has 1 heterocycles. The second-order valence-corrected chi connectivity index (χ2v) is 5.03. The molecule has 0 saturated heterocycles. The molecule has 2 aromatic rings. The van der Waals surface area contributed by atoms with Crippen molar-refractivity contribution in [1.82, 2.24) is 4.98 Å². The molecule has 0 saturated carbocycles. The summed E-state index contributed by atoms with van der Waals surface area (Å²) in [5, 5.41) is 11.2. The first kappa shape index (κ1) is 12.0. The second-order valence-electron chi connectivity index (χ2n) is 3.26. The summed E-state index contributed by atoms with van der Waals surface area (Å²) in [5.74, 6) is -0.969. The van der Waals surface area contributed by atoms with E-state index in [4.69, 9.17) is 5.11 Å². The summed E-state index contributed by atoms with van der Waals surface area (Å²) >= 11 is 4.86. The zero-order valence-electron chi connectivity index (χ0n) is 8.63. The van der Waals surface area contributed by atoms with Gasteiger partial charge in [-0.2, -0.15) is 0 Å². The van der Waals surface area contributed by atoms with Gasteiger partial charge in [0.2, 0.25) is 0 Å². The second kappa shape index (κ2) is 5.25. The van der Waals surface area contributed by atoms with Crippen LogP contribution < -0.4 is 0 Å². The van der Waals surface area contributed by atoms with Gasteiger partial charge in [-0.25, -0.2) is 9.78 Å². The van der Waals surface area contributed by atoms with Crippen LogP contribution in [0.3, 0.4) is 0 Å². The van der Waals surface area contributed by atoms with E-state index >= 15 is 0 Å². The van der Waals surface area contributed by atoms with Crippen molar-refractivity contribution < 1.29 is 9.90 Å². The quantitative estimate of drug-likeness (QED) is 0.880. The number of aromatic nitrogens is 1. The Kier molecular flexibility index (Phi) is 3.71. The molecule has 0 aliphatic rings. The van der Waals surface area contributed by atoms with E-state index in [9.17, 15) is 4.79 Å². The lowest BCUT2D eigenvalue weighted by molar-refractivity contribution is -0.131. The summed E-state index contributed by atoms with van der Waals surface area (Å²) in [6.07, 6.45) is 2.57. The van der Waals surface area contributed by atoms with Gasteiger partial charge in [0, 0.05) is 21.5 Å². The average molecular weight is 310 g/mol. The van der Waals surface area contributed by atoms with Gasteiger partial charge in [-0.1, -0.05) is 28.1 Å². The normalized spacial score (nSPS) is 10.9. The van der Waals surface area contributed by atoms with Crippen LogP contribution in [0.2, 0.25) is 0 Å². The van der Waals surface area contributed by atoms with Crippen LogP contribution in [0.1, 0.15) is 5.69 Å². The number of rotatable bonds is 3. The minimum Gasteiger partial charge on any atom is -0.478 e. The monoisotopic (exact) mass is 309 g/mol. The van der Waals surface area contributed by atoms with E-state index in [1.54, 1.807) is 0 Å². The van der Waals surface area contributed by atoms with Gasteiger partial charge >= 0.3 is 5.97 Å². The first-order valence-corrected chi connectivity index (χ1v) is 6.45. The lowest BCUT2D eigenvalue weighted by Gasteiger charge is -1.95. The number of carboxylic acids is 1. The molecule has 0 spiro atoms. The van der Waals surface area contributed by atoms with Gasteiger partial charge < -0.3 is 5.11 Å². The molecule has 0 unspecified atom stereocenters. The molecular formula is C12H8BrNO2S. The highest BCUT2D eigenvalue weighted by Gasteiger charge is 2.02. The van der Waals surface area contributed by atoms with Gasteiger partial charge in [-0.05, 0) is 18.2 Å². The maximum atomic E-state index is 10.4. The van der Waals surface area contributed by atoms with E-state index in [1.807, 2.05) is 29.6 Å². The third kappa shape index (κ3) is 3.25. The molecule has 0 atom stereocenters. The van der Waals surface area contributed by atoms with E-state index in [0.29, 0.717) is 5.69 Å². The predicted molar refractivity (Wildman–Crippen MR) is 71.9 cm³/mol. The van der Waals surface area contributed by atoms with Crippen LogP contribution in [0.15, 0.2) is 40.2 Å². The Morgan fingerprint density at radius 3 is 2.71 bits per heavy atom. The van der Waals surface area contributed by atoms with Crippen molar-refractivity contribution in [3.8, 4) is 10.6 Å². The van der Waals surface area contributed by atoms with Crippen LogP contribution in [0.5, 0.6) is 0 Å². The molecule has 1 aromatic carbocycles. The number of benzene rings is 1. The number of halogens is 1. The van der Waals surface area contributed by atoms with Gasteiger partial charge in [0.25, 0.3) is 0 Å². The number of hydrogen-bond acceptors (Lipinski definition) is 3. The molecule has 0 aliphatic heterocycles. The number of carbonyl (C=O) groups is 1.